The third-order valence-corrected chi connectivity index (χ3v) is 3.66. The zero-order chi connectivity index (χ0) is 15.8. The Hall–Kier alpha value is -2.51. The van der Waals surface area contributed by atoms with Gasteiger partial charge >= 0.3 is 5.97 Å². The van der Waals surface area contributed by atoms with Gasteiger partial charge in [-0.3, -0.25) is 19.7 Å². The van der Waals surface area contributed by atoms with Crippen molar-refractivity contribution in [1.29, 1.82) is 0 Å². The number of nitro groups is 1. The van der Waals surface area contributed by atoms with E-state index in [1.165, 1.54) is 11.8 Å². The van der Waals surface area contributed by atoms with Gasteiger partial charge in [0.25, 0.3) is 11.6 Å². The molecule has 1 amide bonds. The Kier molecular flexibility index (Phi) is 3.63. The molecule has 0 aliphatic carbocycles. The molecule has 2 rings (SSSR count). The number of aliphatic carboxylic acids is 1. The number of carboxylic acid groups (broad SMARTS) is 1. The normalized spacial score (nSPS) is 21.3. The summed E-state index contributed by atoms with van der Waals surface area (Å²) < 4.78 is 13.1. The van der Waals surface area contributed by atoms with E-state index in [4.69, 9.17) is 5.11 Å². The molecular weight excluding hydrogens is 283 g/mol. The first-order chi connectivity index (χ1) is 9.74. The lowest BCUT2D eigenvalue weighted by molar-refractivity contribution is -0.385. The van der Waals surface area contributed by atoms with E-state index < -0.39 is 33.7 Å². The number of rotatable bonds is 3. The van der Waals surface area contributed by atoms with Crippen LogP contribution in [0, 0.1) is 21.3 Å². The predicted molar refractivity (Wildman–Crippen MR) is 69.3 cm³/mol. The fraction of sp³-hybridized carbons (Fsp3) is 0.385. The van der Waals surface area contributed by atoms with Crippen molar-refractivity contribution in [2.24, 2.45) is 5.41 Å². The summed E-state index contributed by atoms with van der Waals surface area (Å²) >= 11 is 0. The number of hydrogen-bond acceptors (Lipinski definition) is 4. The van der Waals surface area contributed by atoms with Crippen LogP contribution in [0.2, 0.25) is 0 Å². The molecule has 1 heterocycles. The monoisotopic (exact) mass is 296 g/mol. The van der Waals surface area contributed by atoms with E-state index >= 15 is 0 Å². The molecule has 1 aromatic rings. The quantitative estimate of drug-likeness (QED) is 0.675. The van der Waals surface area contributed by atoms with Crippen LogP contribution in [0.4, 0.5) is 10.1 Å². The van der Waals surface area contributed by atoms with Crippen LogP contribution >= 0.6 is 0 Å². The minimum absolute atomic E-state index is 0.0320. The number of carbonyl (C=O) groups excluding carboxylic acids is 1. The Labute approximate surface area is 119 Å². The molecule has 1 N–H and O–H groups in total. The second kappa shape index (κ2) is 5.12. The van der Waals surface area contributed by atoms with E-state index in [9.17, 15) is 24.1 Å². The van der Waals surface area contributed by atoms with Crippen LogP contribution in [0.1, 0.15) is 23.7 Å². The highest BCUT2D eigenvalue weighted by Gasteiger charge is 2.43. The third kappa shape index (κ3) is 2.69. The molecule has 1 atom stereocenters. The second-order valence-electron chi connectivity index (χ2n) is 5.26. The largest absolute Gasteiger partial charge is 0.481 e. The Bertz CT molecular complexity index is 633. The standard InChI is InChI=1S/C13H13FN2O5/c1-13(12(18)19)4-5-15(7-13)11(17)9-3-2-8(14)6-10(9)16(20)21/h2-3,6H,4-5,7H2,1H3,(H,18,19). The molecule has 21 heavy (non-hydrogen) atoms. The molecule has 8 heteroatoms. The SMILES string of the molecule is CC1(C(=O)O)CCN(C(=O)c2ccc(F)cc2[N+](=O)[O-])C1. The molecule has 0 radical (unpaired) electrons. The van der Waals surface area contributed by atoms with Gasteiger partial charge in [-0.25, -0.2) is 4.39 Å². The molecule has 1 aliphatic heterocycles. The van der Waals surface area contributed by atoms with Crippen molar-refractivity contribution in [1.82, 2.24) is 4.90 Å². The van der Waals surface area contributed by atoms with Crippen LogP contribution in [-0.4, -0.2) is 39.9 Å². The van der Waals surface area contributed by atoms with E-state index in [0.717, 1.165) is 12.1 Å². The predicted octanol–water partition coefficient (Wildman–Crippen LogP) is 1.67. The number of likely N-dealkylation sites (tertiary alicyclic amines) is 1. The number of nitrogens with zero attached hydrogens (tertiary/aromatic N) is 2. The number of nitro benzene ring substituents is 1. The van der Waals surface area contributed by atoms with E-state index in [1.54, 1.807) is 0 Å². The first-order valence-electron chi connectivity index (χ1n) is 6.21. The van der Waals surface area contributed by atoms with Crippen molar-refractivity contribution < 1.29 is 24.0 Å². The van der Waals surface area contributed by atoms with E-state index in [-0.39, 0.29) is 25.1 Å². The summed E-state index contributed by atoms with van der Waals surface area (Å²) in [6.07, 6.45) is 0.267. The highest BCUT2D eigenvalue weighted by molar-refractivity contribution is 5.98. The summed E-state index contributed by atoms with van der Waals surface area (Å²) in [6, 6.07) is 2.69. The molecule has 112 valence electrons. The van der Waals surface area contributed by atoms with Crippen LogP contribution in [0.5, 0.6) is 0 Å². The number of carbonyl (C=O) groups is 2. The molecule has 1 unspecified atom stereocenters. The summed E-state index contributed by atoms with van der Waals surface area (Å²) in [5.41, 5.74) is -1.93. The highest BCUT2D eigenvalue weighted by atomic mass is 19.1. The van der Waals surface area contributed by atoms with Gasteiger partial charge < -0.3 is 10.0 Å². The number of carboxylic acids is 1. The number of halogens is 1. The van der Waals surface area contributed by atoms with Crippen molar-refractivity contribution >= 4 is 17.6 Å². The van der Waals surface area contributed by atoms with Crippen LogP contribution in [0.25, 0.3) is 0 Å². The molecule has 1 fully saturated rings. The van der Waals surface area contributed by atoms with Gasteiger partial charge in [-0.1, -0.05) is 0 Å². The Morgan fingerprint density at radius 3 is 2.67 bits per heavy atom. The van der Waals surface area contributed by atoms with Crippen LogP contribution in [0.3, 0.4) is 0 Å². The van der Waals surface area contributed by atoms with Gasteiger partial charge in [-0.2, -0.15) is 0 Å². The van der Waals surface area contributed by atoms with Crippen molar-refractivity contribution in [3.63, 3.8) is 0 Å². The average molecular weight is 296 g/mol. The zero-order valence-electron chi connectivity index (χ0n) is 11.2. The van der Waals surface area contributed by atoms with E-state index in [0.29, 0.717) is 6.07 Å². The third-order valence-electron chi connectivity index (χ3n) is 3.66. The first kappa shape index (κ1) is 14.9. The highest BCUT2D eigenvalue weighted by Crippen LogP contribution is 2.32. The average Bonchev–Trinajstić information content (AvgIpc) is 2.82. The lowest BCUT2D eigenvalue weighted by Crippen LogP contribution is -2.35. The van der Waals surface area contributed by atoms with Crippen molar-refractivity contribution in [2.75, 3.05) is 13.1 Å². The summed E-state index contributed by atoms with van der Waals surface area (Å²) in [4.78, 5) is 34.8. The summed E-state index contributed by atoms with van der Waals surface area (Å²) in [5, 5.41) is 20.0. The van der Waals surface area contributed by atoms with Gasteiger partial charge in [-0.15, -0.1) is 0 Å². The molecule has 1 aromatic carbocycles. The molecule has 0 spiro atoms. The molecule has 1 saturated heterocycles. The van der Waals surface area contributed by atoms with Crippen molar-refractivity contribution in [3.05, 3.63) is 39.7 Å². The van der Waals surface area contributed by atoms with Gasteiger partial charge in [0.05, 0.1) is 16.4 Å². The summed E-state index contributed by atoms with van der Waals surface area (Å²) in [7, 11) is 0. The molecular formula is C13H13FN2O5. The molecule has 0 aromatic heterocycles. The minimum atomic E-state index is -1.07. The summed E-state index contributed by atoms with van der Waals surface area (Å²) in [5.74, 6) is -2.49. The Balaban J connectivity index is 2.30. The van der Waals surface area contributed by atoms with E-state index in [2.05, 4.69) is 0 Å². The van der Waals surface area contributed by atoms with Gasteiger partial charge in [0.1, 0.15) is 11.4 Å². The van der Waals surface area contributed by atoms with Gasteiger partial charge in [0.2, 0.25) is 0 Å². The first-order valence-corrected chi connectivity index (χ1v) is 6.21. The topological polar surface area (TPSA) is 101 Å². The summed E-state index contributed by atoms with van der Waals surface area (Å²) in [6.45, 7) is 1.67. The number of benzene rings is 1. The Morgan fingerprint density at radius 2 is 2.14 bits per heavy atom. The molecule has 7 nitrogen and oxygen atoms in total. The molecule has 0 saturated carbocycles. The van der Waals surface area contributed by atoms with Crippen molar-refractivity contribution in [3.8, 4) is 0 Å². The smallest absolute Gasteiger partial charge is 0.311 e. The van der Waals surface area contributed by atoms with Crippen LogP contribution in [0.15, 0.2) is 18.2 Å². The Morgan fingerprint density at radius 1 is 1.48 bits per heavy atom. The van der Waals surface area contributed by atoms with E-state index in [1.807, 2.05) is 0 Å². The van der Waals surface area contributed by atoms with Crippen LogP contribution < -0.4 is 0 Å². The van der Waals surface area contributed by atoms with Gasteiger partial charge in [0.15, 0.2) is 0 Å². The second-order valence-corrected chi connectivity index (χ2v) is 5.26. The number of amides is 1. The fourth-order valence-corrected chi connectivity index (χ4v) is 2.32. The van der Waals surface area contributed by atoms with Gasteiger partial charge in [0, 0.05) is 13.1 Å². The minimum Gasteiger partial charge on any atom is -0.481 e. The lowest BCUT2D eigenvalue weighted by Gasteiger charge is -2.20. The zero-order valence-corrected chi connectivity index (χ0v) is 11.2. The molecule has 0 bridgehead atoms. The molecule has 1 aliphatic rings. The van der Waals surface area contributed by atoms with Gasteiger partial charge in [-0.05, 0) is 25.5 Å². The number of hydrogen-bond donors (Lipinski definition) is 1. The maximum atomic E-state index is 13.1. The lowest BCUT2D eigenvalue weighted by atomic mass is 9.90. The fourth-order valence-electron chi connectivity index (χ4n) is 2.32. The van der Waals surface area contributed by atoms with Crippen molar-refractivity contribution in [2.45, 2.75) is 13.3 Å². The van der Waals surface area contributed by atoms with Crippen LogP contribution in [-0.2, 0) is 4.79 Å². The maximum absolute atomic E-state index is 13.1. The maximum Gasteiger partial charge on any atom is 0.311 e.